The number of aryl methyl sites for hydroxylation is 1. The summed E-state index contributed by atoms with van der Waals surface area (Å²) in [6, 6.07) is 34.0. The molecule has 4 aromatic rings. The average Bonchev–Trinajstić information content (AvgIpc) is 2.72. The molecule has 0 aliphatic heterocycles. The largest absolute Gasteiger partial charge is 0.457 e. The van der Waals surface area contributed by atoms with Crippen LogP contribution in [0.25, 0.3) is 11.1 Å². The molecule has 0 N–H and O–H groups in total. The summed E-state index contributed by atoms with van der Waals surface area (Å²) in [7, 11) is 0. The maximum Gasteiger partial charge on any atom is 0.127 e. The number of benzene rings is 4. The first kappa shape index (κ1) is 16.9. The molecule has 0 spiro atoms. The molecule has 0 amide bonds. The predicted octanol–water partition coefficient (Wildman–Crippen LogP) is 7.25. The van der Waals surface area contributed by atoms with E-state index in [4.69, 9.17) is 9.47 Å². The van der Waals surface area contributed by atoms with Gasteiger partial charge in [-0.3, -0.25) is 0 Å². The van der Waals surface area contributed by atoms with Gasteiger partial charge in [-0.05, 0) is 66.6 Å². The number of ether oxygens (including phenoxy) is 2. The fraction of sp³-hybridized carbons (Fsp3) is 0.0400. The van der Waals surface area contributed by atoms with Gasteiger partial charge in [0.1, 0.15) is 23.0 Å². The number of hydrogen-bond acceptors (Lipinski definition) is 2. The van der Waals surface area contributed by atoms with Gasteiger partial charge in [0.15, 0.2) is 0 Å². The fourth-order valence-electron chi connectivity index (χ4n) is 2.80. The zero-order valence-corrected chi connectivity index (χ0v) is 15.1. The summed E-state index contributed by atoms with van der Waals surface area (Å²) in [6.07, 6.45) is 0. The minimum absolute atomic E-state index is 0.823. The van der Waals surface area contributed by atoms with Crippen LogP contribution in [-0.4, -0.2) is 0 Å². The number of hydrogen-bond donors (Lipinski definition) is 0. The first-order valence-electron chi connectivity index (χ1n) is 8.94. The second-order valence-electron chi connectivity index (χ2n) is 6.38. The summed E-state index contributed by atoms with van der Waals surface area (Å²) in [6.45, 7) is 2.06. The molecule has 132 valence electrons. The van der Waals surface area contributed by atoms with Crippen LogP contribution in [0.4, 0.5) is 0 Å². The Bertz CT molecular complexity index is 987. The minimum atomic E-state index is 0.823. The van der Waals surface area contributed by atoms with Crippen molar-refractivity contribution in [3.63, 3.8) is 0 Å². The SMILES string of the molecule is Cc1ccc(Oc2ccc(-c3ccc(Oc4ccccc4)cc3)cc2)cc1. The Morgan fingerprint density at radius 3 is 1.22 bits per heavy atom. The van der Waals surface area contributed by atoms with Crippen LogP contribution < -0.4 is 9.47 Å². The molecule has 0 bridgehead atoms. The number of rotatable bonds is 5. The molecule has 0 unspecified atom stereocenters. The van der Waals surface area contributed by atoms with Crippen LogP contribution in [0, 0.1) is 6.92 Å². The Hall–Kier alpha value is -3.52. The van der Waals surface area contributed by atoms with Gasteiger partial charge in [-0.1, -0.05) is 60.2 Å². The van der Waals surface area contributed by atoms with E-state index >= 15 is 0 Å². The van der Waals surface area contributed by atoms with Crippen molar-refractivity contribution in [3.05, 3.63) is 109 Å². The summed E-state index contributed by atoms with van der Waals surface area (Å²) in [4.78, 5) is 0. The summed E-state index contributed by atoms with van der Waals surface area (Å²) >= 11 is 0. The highest BCUT2D eigenvalue weighted by molar-refractivity contribution is 5.65. The molecule has 2 heteroatoms. The zero-order chi connectivity index (χ0) is 18.5. The van der Waals surface area contributed by atoms with E-state index in [1.54, 1.807) is 0 Å². The van der Waals surface area contributed by atoms with Crippen LogP contribution in [0.1, 0.15) is 5.56 Å². The molecule has 27 heavy (non-hydrogen) atoms. The Balaban J connectivity index is 1.44. The van der Waals surface area contributed by atoms with Gasteiger partial charge in [0.05, 0.1) is 0 Å². The maximum atomic E-state index is 5.89. The minimum Gasteiger partial charge on any atom is -0.457 e. The second-order valence-corrected chi connectivity index (χ2v) is 6.38. The van der Waals surface area contributed by atoms with Crippen molar-refractivity contribution in [1.82, 2.24) is 0 Å². The number of para-hydroxylation sites is 1. The summed E-state index contributed by atoms with van der Waals surface area (Å²) < 4.78 is 11.7. The first-order chi connectivity index (χ1) is 13.3. The van der Waals surface area contributed by atoms with Crippen molar-refractivity contribution in [2.75, 3.05) is 0 Å². The molecular weight excluding hydrogens is 332 g/mol. The molecule has 0 aromatic heterocycles. The van der Waals surface area contributed by atoms with Gasteiger partial charge in [-0.15, -0.1) is 0 Å². The van der Waals surface area contributed by atoms with Gasteiger partial charge in [-0.25, -0.2) is 0 Å². The average molecular weight is 352 g/mol. The lowest BCUT2D eigenvalue weighted by molar-refractivity contribution is 0.482. The van der Waals surface area contributed by atoms with Crippen LogP contribution in [-0.2, 0) is 0 Å². The lowest BCUT2D eigenvalue weighted by Crippen LogP contribution is -1.86. The van der Waals surface area contributed by atoms with Crippen molar-refractivity contribution in [2.45, 2.75) is 6.92 Å². The third-order valence-electron chi connectivity index (χ3n) is 4.28. The molecule has 2 nitrogen and oxygen atoms in total. The van der Waals surface area contributed by atoms with E-state index in [1.807, 2.05) is 78.9 Å². The monoisotopic (exact) mass is 352 g/mol. The molecule has 0 aliphatic carbocycles. The van der Waals surface area contributed by atoms with E-state index in [2.05, 4.69) is 31.2 Å². The fourth-order valence-corrected chi connectivity index (χ4v) is 2.80. The molecule has 0 aliphatic rings. The smallest absolute Gasteiger partial charge is 0.127 e. The first-order valence-corrected chi connectivity index (χ1v) is 8.94. The van der Waals surface area contributed by atoms with Crippen LogP contribution >= 0.6 is 0 Å². The van der Waals surface area contributed by atoms with E-state index in [1.165, 1.54) is 5.56 Å². The highest BCUT2D eigenvalue weighted by atomic mass is 16.5. The Labute approximate surface area is 159 Å². The van der Waals surface area contributed by atoms with E-state index in [-0.39, 0.29) is 0 Å². The standard InChI is InChI=1S/C25H20O2/c1-19-7-13-23(14-8-19)27-25-17-11-21(12-18-25)20-9-15-24(16-10-20)26-22-5-3-2-4-6-22/h2-18H,1H3. The molecular formula is C25H20O2. The molecule has 4 rings (SSSR count). The predicted molar refractivity (Wildman–Crippen MR) is 110 cm³/mol. The molecule has 0 atom stereocenters. The summed E-state index contributed by atoms with van der Waals surface area (Å²) in [5.74, 6) is 3.33. The molecule has 4 aromatic carbocycles. The lowest BCUT2D eigenvalue weighted by Gasteiger charge is -2.09. The van der Waals surface area contributed by atoms with E-state index in [0.717, 1.165) is 34.1 Å². The second kappa shape index (κ2) is 7.79. The van der Waals surface area contributed by atoms with Gasteiger partial charge in [0.2, 0.25) is 0 Å². The Kier molecular flexibility index (Phi) is 4.88. The summed E-state index contributed by atoms with van der Waals surface area (Å²) in [5, 5.41) is 0. The van der Waals surface area contributed by atoms with Crippen molar-refractivity contribution >= 4 is 0 Å². The van der Waals surface area contributed by atoms with Crippen LogP contribution in [0.15, 0.2) is 103 Å². The quantitative estimate of drug-likeness (QED) is 0.377. The molecule has 0 radical (unpaired) electrons. The molecule has 0 saturated carbocycles. The Morgan fingerprint density at radius 1 is 0.407 bits per heavy atom. The van der Waals surface area contributed by atoms with E-state index in [0.29, 0.717) is 0 Å². The van der Waals surface area contributed by atoms with Gasteiger partial charge in [0, 0.05) is 0 Å². The normalized spacial score (nSPS) is 10.4. The third-order valence-corrected chi connectivity index (χ3v) is 4.28. The third kappa shape index (κ3) is 4.36. The zero-order valence-electron chi connectivity index (χ0n) is 15.1. The maximum absolute atomic E-state index is 5.89. The van der Waals surface area contributed by atoms with Crippen molar-refractivity contribution in [2.24, 2.45) is 0 Å². The van der Waals surface area contributed by atoms with Crippen LogP contribution in [0.3, 0.4) is 0 Å². The molecule has 0 heterocycles. The van der Waals surface area contributed by atoms with Crippen molar-refractivity contribution in [3.8, 4) is 34.1 Å². The topological polar surface area (TPSA) is 18.5 Å². The van der Waals surface area contributed by atoms with E-state index in [9.17, 15) is 0 Å². The van der Waals surface area contributed by atoms with Gasteiger partial charge in [0.25, 0.3) is 0 Å². The highest BCUT2D eigenvalue weighted by Crippen LogP contribution is 2.28. The van der Waals surface area contributed by atoms with E-state index < -0.39 is 0 Å². The summed E-state index contributed by atoms with van der Waals surface area (Å²) in [5.41, 5.74) is 3.49. The molecule has 0 saturated heterocycles. The highest BCUT2D eigenvalue weighted by Gasteiger charge is 2.02. The van der Waals surface area contributed by atoms with Gasteiger partial charge < -0.3 is 9.47 Å². The molecule has 0 fully saturated rings. The van der Waals surface area contributed by atoms with Crippen LogP contribution in [0.5, 0.6) is 23.0 Å². The van der Waals surface area contributed by atoms with Gasteiger partial charge in [-0.2, -0.15) is 0 Å². The Morgan fingerprint density at radius 2 is 0.778 bits per heavy atom. The van der Waals surface area contributed by atoms with Gasteiger partial charge >= 0.3 is 0 Å². The van der Waals surface area contributed by atoms with Crippen molar-refractivity contribution < 1.29 is 9.47 Å². The van der Waals surface area contributed by atoms with Crippen molar-refractivity contribution in [1.29, 1.82) is 0 Å². The lowest BCUT2D eigenvalue weighted by atomic mass is 10.1. The van der Waals surface area contributed by atoms with Crippen LogP contribution in [0.2, 0.25) is 0 Å².